The quantitative estimate of drug-likeness (QED) is 0.306. The second kappa shape index (κ2) is 7.71. The molecule has 0 bridgehead atoms. The Bertz CT molecular complexity index is 209. The summed E-state index contributed by atoms with van der Waals surface area (Å²) in [7, 11) is 6.42. The molecule has 15 heavy (non-hydrogen) atoms. The van der Waals surface area contributed by atoms with E-state index in [1.54, 1.807) is 12.2 Å². The van der Waals surface area contributed by atoms with Crippen molar-refractivity contribution >= 4 is 17.5 Å². The number of allylic oxidation sites excluding steroid dienone is 1. The number of carbonyl (C=O) groups excluding carboxylic acids is 1. The summed E-state index contributed by atoms with van der Waals surface area (Å²) in [6, 6.07) is 0. The van der Waals surface area contributed by atoms with Gasteiger partial charge in [-0.2, -0.15) is 0 Å². The minimum atomic E-state index is -0.0264. The van der Waals surface area contributed by atoms with Crippen LogP contribution in [0.5, 0.6) is 0 Å². The Morgan fingerprint density at radius 3 is 2.60 bits per heavy atom. The van der Waals surface area contributed by atoms with E-state index in [0.717, 1.165) is 30.4 Å². The summed E-state index contributed by atoms with van der Waals surface area (Å²) in [4.78, 5) is 11.2. The van der Waals surface area contributed by atoms with E-state index < -0.39 is 0 Å². The third-order valence-electron chi connectivity index (χ3n) is 1.85. The average molecular weight is 234 g/mol. The van der Waals surface area contributed by atoms with Crippen LogP contribution in [-0.2, 0) is 4.79 Å². The second-order valence-corrected chi connectivity index (χ2v) is 4.92. The molecule has 0 heterocycles. The van der Waals surface area contributed by atoms with Gasteiger partial charge in [-0.1, -0.05) is 6.08 Å². The van der Waals surface area contributed by atoms with Crippen LogP contribution in [0.3, 0.4) is 0 Å². The van der Waals surface area contributed by atoms with Gasteiger partial charge in [0.05, 0.1) is 27.7 Å². The molecule has 0 aromatic heterocycles. The molecule has 0 aromatic carbocycles. The van der Waals surface area contributed by atoms with Gasteiger partial charge in [-0.05, 0) is 12.5 Å². The Morgan fingerprint density at radius 2 is 2.07 bits per heavy atom. The van der Waals surface area contributed by atoms with Crippen LogP contribution in [0.15, 0.2) is 12.2 Å². The van der Waals surface area contributed by atoms with E-state index in [9.17, 15) is 4.79 Å². The SMILES string of the molecule is C[N+](C)(C)CCCNC(=O)C=CCCCl. The zero-order valence-corrected chi connectivity index (χ0v) is 10.7. The summed E-state index contributed by atoms with van der Waals surface area (Å²) in [5, 5.41) is 2.84. The van der Waals surface area contributed by atoms with E-state index in [-0.39, 0.29) is 5.91 Å². The molecule has 0 saturated heterocycles. The van der Waals surface area contributed by atoms with Crippen molar-refractivity contribution < 1.29 is 9.28 Å². The predicted molar refractivity (Wildman–Crippen MR) is 65.0 cm³/mol. The average Bonchev–Trinajstić information content (AvgIpc) is 2.11. The molecule has 0 aliphatic rings. The molecule has 0 aromatic rings. The molecule has 0 rings (SSSR count). The van der Waals surface area contributed by atoms with Crippen molar-refractivity contribution in [1.29, 1.82) is 0 Å². The first-order valence-electron chi connectivity index (χ1n) is 5.26. The highest BCUT2D eigenvalue weighted by molar-refractivity contribution is 6.17. The highest BCUT2D eigenvalue weighted by Gasteiger charge is 2.05. The van der Waals surface area contributed by atoms with E-state index in [0.29, 0.717) is 5.88 Å². The first-order chi connectivity index (χ1) is 6.95. The second-order valence-electron chi connectivity index (χ2n) is 4.54. The van der Waals surface area contributed by atoms with Crippen molar-refractivity contribution in [2.75, 3.05) is 40.1 Å². The number of carbonyl (C=O) groups is 1. The topological polar surface area (TPSA) is 29.1 Å². The standard InChI is InChI=1S/C11H21ClN2O/c1-14(2,3)10-6-9-13-11(15)7-4-5-8-12/h4,7H,5-6,8-10H2,1-3H3/p+1. The molecule has 88 valence electrons. The third-order valence-corrected chi connectivity index (χ3v) is 2.07. The van der Waals surface area contributed by atoms with Gasteiger partial charge in [0, 0.05) is 18.8 Å². The van der Waals surface area contributed by atoms with Crippen LogP contribution < -0.4 is 5.32 Å². The lowest BCUT2D eigenvalue weighted by molar-refractivity contribution is -0.870. The fraction of sp³-hybridized carbons (Fsp3) is 0.727. The molecule has 0 aliphatic carbocycles. The number of hydrogen-bond donors (Lipinski definition) is 1. The Kier molecular flexibility index (Phi) is 7.44. The van der Waals surface area contributed by atoms with Crippen molar-refractivity contribution in [2.24, 2.45) is 0 Å². The number of quaternary nitrogens is 1. The fourth-order valence-electron chi connectivity index (χ4n) is 1.08. The van der Waals surface area contributed by atoms with Gasteiger partial charge in [0.15, 0.2) is 0 Å². The zero-order valence-electron chi connectivity index (χ0n) is 9.92. The molecule has 1 N–H and O–H groups in total. The fourth-order valence-corrected chi connectivity index (χ4v) is 1.20. The van der Waals surface area contributed by atoms with Crippen molar-refractivity contribution in [3.8, 4) is 0 Å². The Hall–Kier alpha value is -0.540. The van der Waals surface area contributed by atoms with Gasteiger partial charge in [-0.25, -0.2) is 0 Å². The number of nitrogens with one attached hydrogen (secondary N) is 1. The maximum atomic E-state index is 11.2. The van der Waals surface area contributed by atoms with Crippen LogP contribution in [0, 0.1) is 0 Å². The molecule has 0 fully saturated rings. The number of nitrogens with zero attached hydrogens (tertiary/aromatic N) is 1. The third kappa shape index (κ3) is 11.4. The maximum absolute atomic E-state index is 11.2. The molecule has 4 heteroatoms. The minimum absolute atomic E-state index is 0.0264. The van der Waals surface area contributed by atoms with Crippen LogP contribution >= 0.6 is 11.6 Å². The van der Waals surface area contributed by atoms with Crippen LogP contribution in [0.25, 0.3) is 0 Å². The number of amides is 1. The highest BCUT2D eigenvalue weighted by Crippen LogP contribution is 1.92. The molecule has 1 amide bonds. The van der Waals surface area contributed by atoms with E-state index in [4.69, 9.17) is 11.6 Å². The number of hydrogen-bond acceptors (Lipinski definition) is 1. The van der Waals surface area contributed by atoms with E-state index in [2.05, 4.69) is 26.5 Å². The summed E-state index contributed by atoms with van der Waals surface area (Å²) in [5.41, 5.74) is 0. The molecule has 0 spiro atoms. The normalized spacial score (nSPS) is 12.0. The van der Waals surface area contributed by atoms with Crippen LogP contribution in [-0.4, -0.2) is 50.5 Å². The largest absolute Gasteiger partial charge is 0.352 e. The first kappa shape index (κ1) is 14.5. The van der Waals surface area contributed by atoms with E-state index in [1.165, 1.54) is 0 Å². The molecule has 0 saturated carbocycles. The van der Waals surface area contributed by atoms with Crippen LogP contribution in [0.1, 0.15) is 12.8 Å². The van der Waals surface area contributed by atoms with Gasteiger partial charge in [0.25, 0.3) is 0 Å². The highest BCUT2D eigenvalue weighted by atomic mass is 35.5. The zero-order chi connectivity index (χ0) is 11.7. The van der Waals surface area contributed by atoms with E-state index >= 15 is 0 Å². The number of rotatable bonds is 7. The lowest BCUT2D eigenvalue weighted by Gasteiger charge is -2.23. The number of halogens is 1. The Labute approximate surface area is 97.7 Å². The molecule has 0 aliphatic heterocycles. The Balaban J connectivity index is 3.47. The first-order valence-corrected chi connectivity index (χ1v) is 5.80. The van der Waals surface area contributed by atoms with Gasteiger partial charge in [-0.15, -0.1) is 11.6 Å². The number of alkyl halides is 1. The minimum Gasteiger partial charge on any atom is -0.352 e. The molecule has 0 atom stereocenters. The summed E-state index contributed by atoms with van der Waals surface area (Å²) in [6.07, 6.45) is 5.09. The molecule has 0 unspecified atom stereocenters. The lowest BCUT2D eigenvalue weighted by atomic mass is 10.3. The maximum Gasteiger partial charge on any atom is 0.243 e. The molecular formula is C11H22ClN2O+. The molecule has 0 radical (unpaired) electrons. The van der Waals surface area contributed by atoms with E-state index in [1.807, 2.05) is 0 Å². The van der Waals surface area contributed by atoms with Gasteiger partial charge >= 0.3 is 0 Å². The summed E-state index contributed by atoms with van der Waals surface area (Å²) < 4.78 is 0.929. The van der Waals surface area contributed by atoms with Crippen molar-refractivity contribution in [2.45, 2.75) is 12.8 Å². The van der Waals surface area contributed by atoms with Gasteiger partial charge in [0.1, 0.15) is 0 Å². The monoisotopic (exact) mass is 233 g/mol. The van der Waals surface area contributed by atoms with Gasteiger partial charge in [0.2, 0.25) is 5.91 Å². The smallest absolute Gasteiger partial charge is 0.243 e. The van der Waals surface area contributed by atoms with Gasteiger partial charge < -0.3 is 9.80 Å². The summed E-state index contributed by atoms with van der Waals surface area (Å²) in [6.45, 7) is 1.80. The van der Waals surface area contributed by atoms with Crippen LogP contribution in [0.4, 0.5) is 0 Å². The van der Waals surface area contributed by atoms with Crippen molar-refractivity contribution in [1.82, 2.24) is 5.32 Å². The van der Waals surface area contributed by atoms with Crippen LogP contribution in [0.2, 0.25) is 0 Å². The lowest BCUT2D eigenvalue weighted by Crippen LogP contribution is -2.37. The van der Waals surface area contributed by atoms with Crippen molar-refractivity contribution in [3.63, 3.8) is 0 Å². The van der Waals surface area contributed by atoms with Crippen molar-refractivity contribution in [3.05, 3.63) is 12.2 Å². The Morgan fingerprint density at radius 1 is 1.40 bits per heavy atom. The molecule has 3 nitrogen and oxygen atoms in total. The summed E-state index contributed by atoms with van der Waals surface area (Å²) in [5.74, 6) is 0.534. The predicted octanol–water partition coefficient (Wildman–Crippen LogP) is 1.38. The molecular weight excluding hydrogens is 212 g/mol. The summed E-state index contributed by atoms with van der Waals surface area (Å²) >= 11 is 5.48. The van der Waals surface area contributed by atoms with Gasteiger partial charge in [-0.3, -0.25) is 4.79 Å².